The summed E-state index contributed by atoms with van der Waals surface area (Å²) in [4.78, 5) is 29.3. The van der Waals surface area contributed by atoms with E-state index < -0.39 is 0 Å². The van der Waals surface area contributed by atoms with Crippen LogP contribution >= 0.6 is 23.1 Å². The summed E-state index contributed by atoms with van der Waals surface area (Å²) in [5.41, 5.74) is 5.14. The van der Waals surface area contributed by atoms with Crippen LogP contribution in [-0.4, -0.2) is 29.8 Å². The van der Waals surface area contributed by atoms with Crippen LogP contribution in [0.4, 0.5) is 21.9 Å². The third-order valence-electron chi connectivity index (χ3n) is 5.18. The second kappa shape index (κ2) is 10.6. The summed E-state index contributed by atoms with van der Waals surface area (Å²) >= 11 is 2.86. The number of rotatable bonds is 7. The maximum atomic E-state index is 12.5. The van der Waals surface area contributed by atoms with Crippen LogP contribution < -0.4 is 20.7 Å². The standard InChI is InChI=1S/C25H24N4O3S2/c1-15-5-4-6-20(16(15)2)28-24(31)27-18-9-12-21-22(13-18)34-25(29-21)33-14-23(30)26-17-7-10-19(32-3)11-8-17/h4-13H,14H2,1-3H3,(H,26,30)(H2,27,28,31). The smallest absolute Gasteiger partial charge is 0.323 e. The lowest BCUT2D eigenvalue weighted by Gasteiger charge is -2.11. The van der Waals surface area contributed by atoms with Gasteiger partial charge in [-0.1, -0.05) is 23.9 Å². The van der Waals surface area contributed by atoms with Crippen molar-refractivity contribution in [1.29, 1.82) is 0 Å². The predicted octanol–water partition coefficient (Wildman–Crippen LogP) is 6.30. The van der Waals surface area contributed by atoms with Crippen LogP contribution in [0.2, 0.25) is 0 Å². The fraction of sp³-hybridized carbons (Fsp3) is 0.160. The second-order valence-electron chi connectivity index (χ2n) is 7.55. The number of hydrogen-bond donors (Lipinski definition) is 3. The van der Waals surface area contributed by atoms with Gasteiger partial charge >= 0.3 is 6.03 Å². The van der Waals surface area contributed by atoms with Crippen molar-refractivity contribution in [2.75, 3.05) is 28.8 Å². The van der Waals surface area contributed by atoms with Crippen molar-refractivity contribution in [3.63, 3.8) is 0 Å². The molecule has 3 aromatic carbocycles. The van der Waals surface area contributed by atoms with E-state index in [1.165, 1.54) is 23.1 Å². The van der Waals surface area contributed by atoms with E-state index in [2.05, 4.69) is 20.9 Å². The number of amides is 3. The molecule has 0 spiro atoms. The molecular formula is C25H24N4O3S2. The first-order valence-electron chi connectivity index (χ1n) is 10.5. The van der Waals surface area contributed by atoms with Crippen molar-refractivity contribution >= 4 is 62.3 Å². The SMILES string of the molecule is COc1ccc(NC(=O)CSc2nc3ccc(NC(=O)Nc4cccc(C)c4C)cc3s2)cc1. The number of aryl methyl sites for hydroxylation is 1. The molecule has 174 valence electrons. The van der Waals surface area contributed by atoms with E-state index in [4.69, 9.17) is 4.74 Å². The Morgan fingerprint density at radius 1 is 0.971 bits per heavy atom. The number of thiazole rings is 1. The zero-order valence-corrected chi connectivity index (χ0v) is 20.6. The Bertz CT molecular complexity index is 1340. The third-order valence-corrected chi connectivity index (χ3v) is 7.34. The number of aromatic nitrogens is 1. The number of fused-ring (bicyclic) bond motifs is 1. The molecule has 0 fully saturated rings. The number of anilines is 3. The van der Waals surface area contributed by atoms with Crippen molar-refractivity contribution < 1.29 is 14.3 Å². The van der Waals surface area contributed by atoms with Crippen molar-refractivity contribution in [1.82, 2.24) is 4.98 Å². The predicted molar refractivity (Wildman–Crippen MR) is 141 cm³/mol. The Morgan fingerprint density at radius 3 is 2.50 bits per heavy atom. The number of hydrogen-bond acceptors (Lipinski definition) is 6. The molecule has 0 unspecified atom stereocenters. The molecule has 0 saturated carbocycles. The number of nitrogens with one attached hydrogen (secondary N) is 3. The molecule has 7 nitrogen and oxygen atoms in total. The Hall–Kier alpha value is -3.56. The summed E-state index contributed by atoms with van der Waals surface area (Å²) in [6, 6.07) is 18.2. The van der Waals surface area contributed by atoms with Crippen molar-refractivity contribution in [2.24, 2.45) is 0 Å². The number of ether oxygens (including phenoxy) is 1. The van der Waals surface area contributed by atoms with Gasteiger partial charge in [-0.3, -0.25) is 4.79 Å². The Labute approximate surface area is 205 Å². The summed E-state index contributed by atoms with van der Waals surface area (Å²) in [5, 5.41) is 8.63. The van der Waals surface area contributed by atoms with Gasteiger partial charge in [0.1, 0.15) is 5.75 Å². The molecule has 3 N–H and O–H groups in total. The van der Waals surface area contributed by atoms with Crippen LogP contribution in [0, 0.1) is 13.8 Å². The molecule has 4 aromatic rings. The highest BCUT2D eigenvalue weighted by molar-refractivity contribution is 8.01. The van der Waals surface area contributed by atoms with E-state index in [-0.39, 0.29) is 17.7 Å². The van der Waals surface area contributed by atoms with Gasteiger partial charge in [0.2, 0.25) is 5.91 Å². The molecule has 0 aliphatic rings. The van der Waals surface area contributed by atoms with Gasteiger partial charge < -0.3 is 20.7 Å². The number of methoxy groups -OCH3 is 1. The molecule has 34 heavy (non-hydrogen) atoms. The fourth-order valence-electron chi connectivity index (χ4n) is 3.21. The van der Waals surface area contributed by atoms with Crippen LogP contribution in [0.5, 0.6) is 5.75 Å². The summed E-state index contributed by atoms with van der Waals surface area (Å²) in [6.07, 6.45) is 0. The van der Waals surface area contributed by atoms with Crippen LogP contribution in [0.15, 0.2) is 65.0 Å². The van der Waals surface area contributed by atoms with Crippen LogP contribution in [0.3, 0.4) is 0 Å². The Kier molecular flexibility index (Phi) is 7.34. The molecule has 3 amide bonds. The first-order chi connectivity index (χ1) is 16.4. The number of benzene rings is 3. The molecule has 1 aromatic heterocycles. The summed E-state index contributed by atoms with van der Waals surface area (Å²) in [6.45, 7) is 3.99. The molecule has 0 saturated heterocycles. The Balaban J connectivity index is 1.34. The first-order valence-corrected chi connectivity index (χ1v) is 12.3. The highest BCUT2D eigenvalue weighted by Gasteiger charge is 2.11. The average molecular weight is 493 g/mol. The van der Waals surface area contributed by atoms with E-state index in [0.717, 1.165) is 37.1 Å². The lowest BCUT2D eigenvalue weighted by Crippen LogP contribution is -2.20. The monoisotopic (exact) mass is 492 g/mol. The van der Waals surface area contributed by atoms with Gasteiger partial charge in [0.25, 0.3) is 0 Å². The maximum absolute atomic E-state index is 12.5. The molecule has 0 aliphatic carbocycles. The van der Waals surface area contributed by atoms with Gasteiger partial charge in [0.15, 0.2) is 4.34 Å². The molecule has 0 radical (unpaired) electrons. The topological polar surface area (TPSA) is 92.3 Å². The zero-order valence-electron chi connectivity index (χ0n) is 19.0. The van der Waals surface area contributed by atoms with Crippen molar-refractivity contribution in [2.45, 2.75) is 18.2 Å². The average Bonchev–Trinajstić information content (AvgIpc) is 3.23. The second-order valence-corrected chi connectivity index (χ2v) is 9.81. The van der Waals surface area contributed by atoms with Gasteiger partial charge in [0.05, 0.1) is 23.1 Å². The lowest BCUT2D eigenvalue weighted by atomic mass is 10.1. The van der Waals surface area contributed by atoms with Crippen molar-refractivity contribution in [3.8, 4) is 5.75 Å². The highest BCUT2D eigenvalue weighted by Crippen LogP contribution is 2.31. The lowest BCUT2D eigenvalue weighted by molar-refractivity contribution is -0.113. The fourth-order valence-corrected chi connectivity index (χ4v) is 5.12. The summed E-state index contributed by atoms with van der Waals surface area (Å²) in [7, 11) is 1.60. The number of carbonyl (C=O) groups excluding carboxylic acids is 2. The van der Waals surface area contributed by atoms with Gasteiger partial charge in [-0.25, -0.2) is 9.78 Å². The Morgan fingerprint density at radius 2 is 1.74 bits per heavy atom. The maximum Gasteiger partial charge on any atom is 0.323 e. The minimum absolute atomic E-state index is 0.111. The van der Waals surface area contributed by atoms with E-state index in [1.807, 2.05) is 50.2 Å². The molecule has 0 aliphatic heterocycles. The van der Waals surface area contributed by atoms with Crippen LogP contribution in [-0.2, 0) is 4.79 Å². The minimum atomic E-state index is -0.303. The van der Waals surface area contributed by atoms with E-state index in [9.17, 15) is 9.59 Å². The third kappa shape index (κ3) is 5.86. The molecule has 1 heterocycles. The minimum Gasteiger partial charge on any atom is -0.497 e. The number of carbonyl (C=O) groups is 2. The summed E-state index contributed by atoms with van der Waals surface area (Å²) < 4.78 is 6.84. The molecule has 9 heteroatoms. The van der Waals surface area contributed by atoms with Gasteiger partial charge in [-0.2, -0.15) is 0 Å². The largest absolute Gasteiger partial charge is 0.497 e. The van der Waals surface area contributed by atoms with Crippen LogP contribution in [0.25, 0.3) is 10.2 Å². The van der Waals surface area contributed by atoms with E-state index >= 15 is 0 Å². The molecule has 0 bridgehead atoms. The normalized spacial score (nSPS) is 10.7. The number of thioether (sulfide) groups is 1. The summed E-state index contributed by atoms with van der Waals surface area (Å²) in [5.74, 6) is 0.869. The van der Waals surface area contributed by atoms with Gasteiger partial charge in [0, 0.05) is 17.1 Å². The zero-order chi connectivity index (χ0) is 24.1. The van der Waals surface area contributed by atoms with Gasteiger partial charge in [-0.15, -0.1) is 11.3 Å². The highest BCUT2D eigenvalue weighted by atomic mass is 32.2. The van der Waals surface area contributed by atoms with E-state index in [0.29, 0.717) is 11.4 Å². The first kappa shape index (κ1) is 23.6. The number of urea groups is 1. The molecule has 4 rings (SSSR count). The molecular weight excluding hydrogens is 468 g/mol. The molecule has 0 atom stereocenters. The van der Waals surface area contributed by atoms with Crippen LogP contribution in [0.1, 0.15) is 11.1 Å². The number of nitrogens with zero attached hydrogens (tertiary/aromatic N) is 1. The van der Waals surface area contributed by atoms with Gasteiger partial charge in [-0.05, 0) is 73.5 Å². The van der Waals surface area contributed by atoms with Crippen molar-refractivity contribution in [3.05, 3.63) is 71.8 Å². The van der Waals surface area contributed by atoms with E-state index in [1.54, 1.807) is 31.4 Å². The quantitative estimate of drug-likeness (QED) is 0.263.